The fourth-order valence-corrected chi connectivity index (χ4v) is 4.43. The third-order valence-corrected chi connectivity index (χ3v) is 6.14. The maximum absolute atomic E-state index is 12.8. The van der Waals surface area contributed by atoms with Crippen LogP contribution in [-0.2, 0) is 13.0 Å². The molecular formula is C23H29N3O. The van der Waals surface area contributed by atoms with Crippen molar-refractivity contribution < 1.29 is 4.79 Å². The summed E-state index contributed by atoms with van der Waals surface area (Å²) in [6.45, 7) is 9.32. The van der Waals surface area contributed by atoms with Crippen molar-refractivity contribution in [3.05, 3.63) is 64.5 Å². The summed E-state index contributed by atoms with van der Waals surface area (Å²) in [7, 11) is 0. The van der Waals surface area contributed by atoms with Crippen LogP contribution in [0.25, 0.3) is 0 Å². The van der Waals surface area contributed by atoms with E-state index in [0.29, 0.717) is 5.92 Å². The minimum Gasteiger partial charge on any atom is -0.334 e. The minimum absolute atomic E-state index is 0.226. The summed E-state index contributed by atoms with van der Waals surface area (Å²) in [4.78, 5) is 21.5. The lowest BCUT2D eigenvalue weighted by Crippen LogP contribution is -2.31. The molecule has 0 saturated carbocycles. The highest BCUT2D eigenvalue weighted by atomic mass is 16.2. The minimum atomic E-state index is 0.226. The summed E-state index contributed by atoms with van der Waals surface area (Å²) in [5.74, 6) is 0.829. The number of rotatable bonds is 6. The molecule has 142 valence electrons. The van der Waals surface area contributed by atoms with Crippen molar-refractivity contribution in [2.24, 2.45) is 5.92 Å². The van der Waals surface area contributed by atoms with Gasteiger partial charge in [-0.2, -0.15) is 0 Å². The Labute approximate surface area is 162 Å². The van der Waals surface area contributed by atoms with Gasteiger partial charge in [0.2, 0.25) is 0 Å². The summed E-state index contributed by atoms with van der Waals surface area (Å²) >= 11 is 0. The van der Waals surface area contributed by atoms with Crippen LogP contribution in [0.1, 0.15) is 45.5 Å². The van der Waals surface area contributed by atoms with Gasteiger partial charge in [-0.25, -0.2) is 0 Å². The highest BCUT2D eigenvalue weighted by molar-refractivity contribution is 5.98. The number of aromatic nitrogens is 1. The Morgan fingerprint density at radius 1 is 1.15 bits per heavy atom. The van der Waals surface area contributed by atoms with Gasteiger partial charge >= 0.3 is 0 Å². The first-order valence-corrected chi connectivity index (χ1v) is 10.1. The molecule has 0 N–H and O–H groups in total. The molecule has 0 bridgehead atoms. The predicted molar refractivity (Wildman–Crippen MR) is 108 cm³/mol. The number of carbonyl (C=O) groups excluding carboxylic acids is 1. The zero-order chi connectivity index (χ0) is 18.8. The van der Waals surface area contributed by atoms with Crippen LogP contribution in [0, 0.1) is 19.8 Å². The molecule has 1 fully saturated rings. The number of nitrogens with zero attached hydrogens (tertiary/aromatic N) is 3. The highest BCUT2D eigenvalue weighted by Crippen LogP contribution is 2.28. The van der Waals surface area contributed by atoms with E-state index >= 15 is 0 Å². The average molecular weight is 364 g/mol. The number of hydrogen-bond acceptors (Lipinski definition) is 3. The van der Waals surface area contributed by atoms with Gasteiger partial charge in [-0.1, -0.05) is 6.07 Å². The summed E-state index contributed by atoms with van der Waals surface area (Å²) in [6.07, 6.45) is 7.24. The fraction of sp³-hybridized carbons (Fsp3) is 0.478. The van der Waals surface area contributed by atoms with Crippen molar-refractivity contribution >= 4 is 5.91 Å². The molecule has 4 rings (SSSR count). The van der Waals surface area contributed by atoms with Crippen molar-refractivity contribution in [3.8, 4) is 0 Å². The topological polar surface area (TPSA) is 36.4 Å². The molecule has 4 nitrogen and oxygen atoms in total. The van der Waals surface area contributed by atoms with Crippen LogP contribution in [0.4, 0.5) is 0 Å². The Morgan fingerprint density at radius 3 is 2.74 bits per heavy atom. The normalized spacial score (nSPS) is 19.7. The van der Waals surface area contributed by atoms with E-state index in [9.17, 15) is 4.79 Å². The lowest BCUT2D eigenvalue weighted by molar-refractivity contribution is 0.0753. The van der Waals surface area contributed by atoms with Crippen molar-refractivity contribution in [1.29, 1.82) is 0 Å². The highest BCUT2D eigenvalue weighted by Gasteiger charge is 2.31. The van der Waals surface area contributed by atoms with Gasteiger partial charge in [-0.3, -0.25) is 9.78 Å². The fourth-order valence-electron chi connectivity index (χ4n) is 4.43. The van der Waals surface area contributed by atoms with Crippen LogP contribution in [-0.4, -0.2) is 46.9 Å². The summed E-state index contributed by atoms with van der Waals surface area (Å²) in [5.41, 5.74) is 5.99. The molecule has 4 heteroatoms. The van der Waals surface area contributed by atoms with Crippen molar-refractivity contribution in [3.63, 3.8) is 0 Å². The number of aryl methyl sites for hydroxylation is 3. The molecule has 1 aromatic heterocycles. The number of benzene rings is 1. The van der Waals surface area contributed by atoms with Crippen LogP contribution in [0.5, 0.6) is 0 Å². The van der Waals surface area contributed by atoms with Gasteiger partial charge in [0.15, 0.2) is 0 Å². The Hall–Kier alpha value is -2.20. The first-order chi connectivity index (χ1) is 13.1. The lowest BCUT2D eigenvalue weighted by atomic mass is 10.0. The molecule has 1 saturated heterocycles. The SMILES string of the molecule is Cc1cc2c(cc1C)C(=O)N(CC1CCN(CCCc3ccncc3)C1)C2. The maximum atomic E-state index is 12.8. The van der Waals surface area contributed by atoms with Gasteiger partial charge in [0.05, 0.1) is 0 Å². The van der Waals surface area contributed by atoms with E-state index in [-0.39, 0.29) is 5.91 Å². The number of hydrogen-bond donors (Lipinski definition) is 0. The molecule has 1 amide bonds. The molecule has 2 aliphatic rings. The van der Waals surface area contributed by atoms with Gasteiger partial charge in [0, 0.05) is 37.6 Å². The molecule has 1 aromatic carbocycles. The van der Waals surface area contributed by atoms with Crippen molar-refractivity contribution in [2.75, 3.05) is 26.2 Å². The van der Waals surface area contributed by atoms with Crippen LogP contribution >= 0.6 is 0 Å². The molecule has 1 unspecified atom stereocenters. The average Bonchev–Trinajstić information content (AvgIpc) is 3.22. The summed E-state index contributed by atoms with van der Waals surface area (Å²) in [5, 5.41) is 0. The van der Waals surface area contributed by atoms with E-state index in [4.69, 9.17) is 0 Å². The van der Waals surface area contributed by atoms with E-state index in [1.54, 1.807) is 0 Å². The molecule has 0 radical (unpaired) electrons. The van der Waals surface area contributed by atoms with Crippen LogP contribution in [0.3, 0.4) is 0 Å². The largest absolute Gasteiger partial charge is 0.334 e. The van der Waals surface area contributed by atoms with Gasteiger partial charge in [-0.05, 0) is 92.6 Å². The second-order valence-corrected chi connectivity index (χ2v) is 8.19. The number of amides is 1. The Morgan fingerprint density at radius 2 is 1.93 bits per heavy atom. The molecule has 27 heavy (non-hydrogen) atoms. The number of likely N-dealkylation sites (tertiary alicyclic amines) is 1. The van der Waals surface area contributed by atoms with Crippen molar-refractivity contribution in [1.82, 2.24) is 14.8 Å². The zero-order valence-electron chi connectivity index (χ0n) is 16.4. The smallest absolute Gasteiger partial charge is 0.254 e. The predicted octanol–water partition coefficient (Wildman–Crippen LogP) is 3.61. The quantitative estimate of drug-likeness (QED) is 0.787. The van der Waals surface area contributed by atoms with E-state index in [0.717, 1.165) is 44.7 Å². The van der Waals surface area contributed by atoms with E-state index in [2.05, 4.69) is 52.9 Å². The van der Waals surface area contributed by atoms with Gasteiger partial charge < -0.3 is 9.80 Å². The summed E-state index contributed by atoms with van der Waals surface area (Å²) < 4.78 is 0. The van der Waals surface area contributed by atoms with Crippen LogP contribution < -0.4 is 0 Å². The van der Waals surface area contributed by atoms with Gasteiger partial charge in [0.1, 0.15) is 0 Å². The Kier molecular flexibility index (Phi) is 5.26. The van der Waals surface area contributed by atoms with E-state index < -0.39 is 0 Å². The molecule has 2 aliphatic heterocycles. The first-order valence-electron chi connectivity index (χ1n) is 10.1. The summed E-state index contributed by atoms with van der Waals surface area (Å²) in [6, 6.07) is 8.48. The lowest BCUT2D eigenvalue weighted by Gasteiger charge is -2.21. The van der Waals surface area contributed by atoms with Crippen LogP contribution in [0.15, 0.2) is 36.7 Å². The molecule has 0 spiro atoms. The van der Waals surface area contributed by atoms with Crippen LogP contribution in [0.2, 0.25) is 0 Å². The standard InChI is InChI=1S/C23H29N3O/c1-17-12-21-16-26(23(27)22(21)13-18(17)2)15-20-7-11-25(14-20)10-3-4-19-5-8-24-9-6-19/h5-6,8-9,12-13,20H,3-4,7,10-11,14-16H2,1-2H3. The zero-order valence-corrected chi connectivity index (χ0v) is 16.4. The number of pyridine rings is 1. The first kappa shape index (κ1) is 18.2. The second kappa shape index (κ2) is 7.81. The third kappa shape index (κ3) is 4.06. The number of carbonyl (C=O) groups is 1. The molecule has 2 aromatic rings. The Bertz CT molecular complexity index is 818. The third-order valence-electron chi connectivity index (χ3n) is 6.14. The van der Waals surface area contributed by atoms with Crippen molar-refractivity contribution in [2.45, 2.75) is 39.7 Å². The van der Waals surface area contributed by atoms with Gasteiger partial charge in [-0.15, -0.1) is 0 Å². The van der Waals surface area contributed by atoms with Gasteiger partial charge in [0.25, 0.3) is 5.91 Å². The molecule has 1 atom stereocenters. The Balaban J connectivity index is 1.26. The molecule has 3 heterocycles. The maximum Gasteiger partial charge on any atom is 0.254 e. The molecule has 0 aliphatic carbocycles. The number of fused-ring (bicyclic) bond motifs is 1. The second-order valence-electron chi connectivity index (χ2n) is 8.19. The molecular weight excluding hydrogens is 334 g/mol. The van der Waals surface area contributed by atoms with E-state index in [1.807, 2.05) is 12.4 Å². The monoisotopic (exact) mass is 363 g/mol. The van der Waals surface area contributed by atoms with E-state index in [1.165, 1.54) is 35.1 Å².